The van der Waals surface area contributed by atoms with Crippen molar-refractivity contribution in [1.82, 2.24) is 9.97 Å². The highest BCUT2D eigenvalue weighted by molar-refractivity contribution is 7.92. The van der Waals surface area contributed by atoms with Crippen LogP contribution in [-0.4, -0.2) is 24.3 Å². The molecule has 1 amide bonds. The van der Waals surface area contributed by atoms with Gasteiger partial charge in [0.05, 0.1) is 15.6 Å². The summed E-state index contributed by atoms with van der Waals surface area (Å²) in [6, 6.07) is 20.7. The first-order chi connectivity index (χ1) is 15.9. The second-order valence-corrected chi connectivity index (χ2v) is 8.81. The molecule has 166 valence electrons. The van der Waals surface area contributed by atoms with Gasteiger partial charge in [-0.2, -0.15) is 0 Å². The van der Waals surface area contributed by atoms with Crippen molar-refractivity contribution in [2.24, 2.45) is 0 Å². The van der Waals surface area contributed by atoms with Crippen LogP contribution in [0.25, 0.3) is 0 Å². The van der Waals surface area contributed by atoms with Gasteiger partial charge in [0.1, 0.15) is 5.75 Å². The van der Waals surface area contributed by atoms with E-state index in [1.165, 1.54) is 24.3 Å². The summed E-state index contributed by atoms with van der Waals surface area (Å²) < 4.78 is 33.4. The van der Waals surface area contributed by atoms with Gasteiger partial charge in [0.15, 0.2) is 0 Å². The van der Waals surface area contributed by atoms with Crippen molar-refractivity contribution in [3.8, 4) is 11.8 Å². The molecule has 0 aliphatic carbocycles. The monoisotopic (exact) mass is 480 g/mol. The second-order valence-electron chi connectivity index (χ2n) is 6.73. The van der Waals surface area contributed by atoms with Crippen molar-refractivity contribution in [1.29, 1.82) is 0 Å². The fourth-order valence-electron chi connectivity index (χ4n) is 2.81. The molecule has 0 unspecified atom stereocenters. The highest BCUT2D eigenvalue weighted by atomic mass is 35.5. The summed E-state index contributed by atoms with van der Waals surface area (Å²) in [4.78, 5) is 20.6. The number of benzene rings is 3. The molecule has 8 nitrogen and oxygen atoms in total. The van der Waals surface area contributed by atoms with Gasteiger partial charge in [-0.3, -0.25) is 9.52 Å². The molecule has 0 aliphatic heterocycles. The number of para-hydroxylation sites is 1. The average molecular weight is 481 g/mol. The van der Waals surface area contributed by atoms with Crippen LogP contribution in [0.2, 0.25) is 5.02 Å². The van der Waals surface area contributed by atoms with E-state index in [9.17, 15) is 13.2 Å². The molecule has 0 saturated heterocycles. The van der Waals surface area contributed by atoms with Crippen molar-refractivity contribution < 1.29 is 17.9 Å². The molecule has 10 heteroatoms. The summed E-state index contributed by atoms with van der Waals surface area (Å²) in [6.07, 6.45) is 3.13. The van der Waals surface area contributed by atoms with E-state index in [0.717, 1.165) is 0 Å². The van der Waals surface area contributed by atoms with Crippen molar-refractivity contribution in [3.05, 3.63) is 102 Å². The smallest absolute Gasteiger partial charge is 0.321 e. The number of sulfonamides is 1. The van der Waals surface area contributed by atoms with Crippen molar-refractivity contribution in [2.75, 3.05) is 10.0 Å². The van der Waals surface area contributed by atoms with Crippen molar-refractivity contribution in [2.45, 2.75) is 4.90 Å². The highest BCUT2D eigenvalue weighted by Gasteiger charge is 2.18. The first-order valence-electron chi connectivity index (χ1n) is 9.64. The van der Waals surface area contributed by atoms with Gasteiger partial charge in [0.25, 0.3) is 15.9 Å². The lowest BCUT2D eigenvalue weighted by molar-refractivity contribution is 0.102. The van der Waals surface area contributed by atoms with Crippen LogP contribution in [0.1, 0.15) is 10.4 Å². The van der Waals surface area contributed by atoms with Gasteiger partial charge >= 0.3 is 6.01 Å². The van der Waals surface area contributed by atoms with Crippen LogP contribution in [0.3, 0.4) is 0 Å². The van der Waals surface area contributed by atoms with E-state index < -0.39 is 15.9 Å². The molecule has 2 N–H and O–H groups in total. The van der Waals surface area contributed by atoms with Gasteiger partial charge in [0.2, 0.25) is 0 Å². The highest BCUT2D eigenvalue weighted by Crippen LogP contribution is 2.25. The van der Waals surface area contributed by atoms with Crippen LogP contribution < -0.4 is 14.8 Å². The van der Waals surface area contributed by atoms with E-state index in [0.29, 0.717) is 11.4 Å². The van der Waals surface area contributed by atoms with Gasteiger partial charge in [-0.25, -0.2) is 18.4 Å². The van der Waals surface area contributed by atoms with E-state index in [-0.39, 0.29) is 27.2 Å². The Kier molecular flexibility index (Phi) is 6.53. The van der Waals surface area contributed by atoms with Crippen LogP contribution in [0.4, 0.5) is 11.4 Å². The Labute approximate surface area is 195 Å². The number of halogens is 1. The Hall–Kier alpha value is -3.95. The lowest BCUT2D eigenvalue weighted by atomic mass is 10.2. The number of hydrogen-bond acceptors (Lipinski definition) is 6. The van der Waals surface area contributed by atoms with Gasteiger partial charge < -0.3 is 10.1 Å². The maximum atomic E-state index is 12.7. The van der Waals surface area contributed by atoms with Crippen LogP contribution in [0.15, 0.2) is 96.2 Å². The fraction of sp³-hybridized carbons (Fsp3) is 0. The van der Waals surface area contributed by atoms with Crippen LogP contribution in [-0.2, 0) is 10.0 Å². The zero-order valence-electron chi connectivity index (χ0n) is 17.0. The van der Waals surface area contributed by atoms with Crippen molar-refractivity contribution >= 4 is 38.9 Å². The van der Waals surface area contributed by atoms with E-state index in [4.69, 9.17) is 16.3 Å². The normalized spacial score (nSPS) is 10.9. The number of anilines is 2. The number of hydrogen-bond donors (Lipinski definition) is 2. The Morgan fingerprint density at radius 3 is 2.33 bits per heavy atom. The van der Waals surface area contributed by atoms with Crippen LogP contribution >= 0.6 is 11.6 Å². The molecule has 0 aliphatic rings. The van der Waals surface area contributed by atoms with E-state index in [1.807, 2.05) is 0 Å². The van der Waals surface area contributed by atoms with Crippen molar-refractivity contribution in [3.63, 3.8) is 0 Å². The van der Waals surface area contributed by atoms with E-state index >= 15 is 0 Å². The summed E-state index contributed by atoms with van der Waals surface area (Å²) in [7, 11) is -3.94. The number of nitrogens with zero attached hydrogens (tertiary/aromatic N) is 2. The van der Waals surface area contributed by atoms with Crippen LogP contribution in [0.5, 0.6) is 11.8 Å². The molecule has 1 aromatic heterocycles. The molecule has 4 aromatic rings. The molecule has 0 bridgehead atoms. The predicted octanol–water partition coefficient (Wildman–Crippen LogP) is 4.98. The lowest BCUT2D eigenvalue weighted by Gasteiger charge is -2.11. The molecular weight excluding hydrogens is 464 g/mol. The van der Waals surface area contributed by atoms with E-state index in [1.54, 1.807) is 67.0 Å². The number of ether oxygens (including phenoxy) is 1. The molecule has 0 fully saturated rings. The first-order valence-corrected chi connectivity index (χ1v) is 11.5. The Balaban J connectivity index is 1.46. The lowest BCUT2D eigenvalue weighted by Crippen LogP contribution is -2.16. The maximum absolute atomic E-state index is 12.7. The zero-order valence-corrected chi connectivity index (χ0v) is 18.5. The van der Waals surface area contributed by atoms with E-state index in [2.05, 4.69) is 20.0 Å². The van der Waals surface area contributed by atoms with Gasteiger partial charge in [-0.1, -0.05) is 29.8 Å². The van der Waals surface area contributed by atoms with Gasteiger partial charge in [-0.05, 0) is 60.7 Å². The molecular formula is C23H17ClN4O4S. The summed E-state index contributed by atoms with van der Waals surface area (Å²) in [6.45, 7) is 0. The molecule has 0 spiro atoms. The molecule has 1 heterocycles. The average Bonchev–Trinajstić information content (AvgIpc) is 2.82. The first kappa shape index (κ1) is 22.3. The largest absolute Gasteiger partial charge is 0.424 e. The number of carbonyl (C=O) groups excluding carboxylic acids is 1. The summed E-state index contributed by atoms with van der Waals surface area (Å²) in [5.74, 6) is 0.0304. The summed E-state index contributed by atoms with van der Waals surface area (Å²) in [5.41, 5.74) is 0.927. The van der Waals surface area contributed by atoms with Gasteiger partial charge in [0, 0.05) is 23.6 Å². The van der Waals surface area contributed by atoms with Gasteiger partial charge in [-0.15, -0.1) is 0 Å². The maximum Gasteiger partial charge on any atom is 0.321 e. The Morgan fingerprint density at radius 2 is 1.61 bits per heavy atom. The fourth-order valence-corrected chi connectivity index (χ4v) is 4.17. The topological polar surface area (TPSA) is 110 Å². The second kappa shape index (κ2) is 9.68. The number of carbonyl (C=O) groups is 1. The third-order valence-corrected chi connectivity index (χ3v) is 6.08. The Morgan fingerprint density at radius 1 is 0.879 bits per heavy atom. The minimum Gasteiger partial charge on any atom is -0.424 e. The minimum atomic E-state index is -3.94. The summed E-state index contributed by atoms with van der Waals surface area (Å²) >= 11 is 6.04. The molecule has 0 radical (unpaired) electrons. The predicted molar refractivity (Wildman–Crippen MR) is 125 cm³/mol. The molecule has 33 heavy (non-hydrogen) atoms. The number of aromatic nitrogens is 2. The molecule has 0 atom stereocenters. The summed E-state index contributed by atoms with van der Waals surface area (Å²) in [5, 5.41) is 2.99. The minimum absolute atomic E-state index is 0.0679. The number of nitrogens with one attached hydrogen (secondary N) is 2. The van der Waals surface area contributed by atoms with Crippen LogP contribution in [0, 0.1) is 0 Å². The number of rotatable bonds is 7. The third kappa shape index (κ3) is 5.65. The zero-order chi connectivity index (χ0) is 23.3. The Bertz CT molecular complexity index is 1380. The molecule has 3 aromatic carbocycles. The SMILES string of the molecule is O=C(Nc1ccc(Oc2ncccn2)cc1)c1cccc(S(=O)(=O)Nc2ccccc2Cl)c1. The standard InChI is InChI=1S/C23H17ClN4O4S/c24-20-7-1-2-8-21(20)28-33(30,31)19-6-3-5-16(15-19)22(29)27-17-9-11-18(12-10-17)32-23-25-13-4-14-26-23/h1-15,28H,(H,27,29). The third-order valence-electron chi connectivity index (χ3n) is 4.39. The molecule has 0 saturated carbocycles. The quantitative estimate of drug-likeness (QED) is 0.386. The number of amides is 1. The molecule has 4 rings (SSSR count).